The van der Waals surface area contributed by atoms with Gasteiger partial charge in [0.25, 0.3) is 0 Å². The molecule has 3 rings (SSSR count). The highest BCUT2D eigenvalue weighted by molar-refractivity contribution is 5.30. The standard InChI is InChI=1S/C13H18N6O/c1-10-3-4-14-13(15-10)19-7-5-18(6-8-19)9-12-16-11(2)20-17-12/h3-4H,5-9H2,1-2H3. The minimum atomic E-state index is 0.617. The van der Waals surface area contributed by atoms with Crippen LogP contribution in [0.15, 0.2) is 16.8 Å². The molecule has 0 bridgehead atoms. The van der Waals surface area contributed by atoms with Gasteiger partial charge in [0.15, 0.2) is 5.82 Å². The van der Waals surface area contributed by atoms with Crippen molar-refractivity contribution < 1.29 is 4.52 Å². The van der Waals surface area contributed by atoms with Gasteiger partial charge in [-0.1, -0.05) is 5.16 Å². The Morgan fingerprint density at radius 2 is 1.95 bits per heavy atom. The Bertz CT molecular complexity index is 576. The second kappa shape index (κ2) is 5.54. The summed E-state index contributed by atoms with van der Waals surface area (Å²) in [5.41, 5.74) is 1.000. The fraction of sp³-hybridized carbons (Fsp3) is 0.538. The van der Waals surface area contributed by atoms with E-state index < -0.39 is 0 Å². The summed E-state index contributed by atoms with van der Waals surface area (Å²) in [5.74, 6) is 2.19. The third-order valence-electron chi connectivity index (χ3n) is 3.37. The molecule has 3 heterocycles. The molecule has 2 aromatic heterocycles. The second-order valence-corrected chi connectivity index (χ2v) is 4.99. The van der Waals surface area contributed by atoms with Gasteiger partial charge in [-0.25, -0.2) is 9.97 Å². The van der Waals surface area contributed by atoms with Crippen LogP contribution < -0.4 is 4.90 Å². The summed E-state index contributed by atoms with van der Waals surface area (Å²) in [5, 5.41) is 3.93. The van der Waals surface area contributed by atoms with Crippen LogP contribution in [-0.2, 0) is 6.54 Å². The molecule has 0 unspecified atom stereocenters. The minimum absolute atomic E-state index is 0.617. The number of piperazine rings is 1. The summed E-state index contributed by atoms with van der Waals surface area (Å²) in [6, 6.07) is 1.92. The van der Waals surface area contributed by atoms with Crippen molar-refractivity contribution in [3.05, 3.63) is 29.7 Å². The summed E-state index contributed by atoms with van der Waals surface area (Å²) in [6.45, 7) is 8.26. The zero-order chi connectivity index (χ0) is 13.9. The van der Waals surface area contributed by atoms with E-state index in [9.17, 15) is 0 Å². The maximum Gasteiger partial charge on any atom is 0.225 e. The molecule has 0 radical (unpaired) electrons. The summed E-state index contributed by atoms with van der Waals surface area (Å²) < 4.78 is 4.99. The van der Waals surface area contributed by atoms with E-state index in [2.05, 4.69) is 29.9 Å². The van der Waals surface area contributed by atoms with Crippen molar-refractivity contribution in [2.24, 2.45) is 0 Å². The van der Waals surface area contributed by atoms with E-state index in [-0.39, 0.29) is 0 Å². The van der Waals surface area contributed by atoms with Crippen molar-refractivity contribution in [2.45, 2.75) is 20.4 Å². The number of hydrogen-bond acceptors (Lipinski definition) is 7. The van der Waals surface area contributed by atoms with Gasteiger partial charge in [-0.05, 0) is 13.0 Å². The molecule has 0 saturated carbocycles. The van der Waals surface area contributed by atoms with Gasteiger partial charge in [-0.2, -0.15) is 4.98 Å². The summed E-state index contributed by atoms with van der Waals surface area (Å²) >= 11 is 0. The SMILES string of the molecule is Cc1ccnc(N2CCN(Cc3noc(C)n3)CC2)n1. The first kappa shape index (κ1) is 13.0. The molecular weight excluding hydrogens is 256 g/mol. The third-order valence-corrected chi connectivity index (χ3v) is 3.37. The maximum absolute atomic E-state index is 4.99. The molecule has 7 nitrogen and oxygen atoms in total. The van der Waals surface area contributed by atoms with Crippen LogP contribution in [0.3, 0.4) is 0 Å². The zero-order valence-electron chi connectivity index (χ0n) is 11.8. The number of nitrogens with zero attached hydrogens (tertiary/aromatic N) is 6. The third kappa shape index (κ3) is 2.93. The molecule has 1 aliphatic rings. The Hall–Kier alpha value is -2.02. The lowest BCUT2D eigenvalue weighted by Gasteiger charge is -2.34. The molecular formula is C13H18N6O. The van der Waals surface area contributed by atoms with Crippen LogP contribution in [-0.4, -0.2) is 51.2 Å². The lowest BCUT2D eigenvalue weighted by molar-refractivity contribution is 0.239. The van der Waals surface area contributed by atoms with Gasteiger partial charge < -0.3 is 9.42 Å². The molecule has 0 aromatic carbocycles. The van der Waals surface area contributed by atoms with E-state index >= 15 is 0 Å². The fourth-order valence-corrected chi connectivity index (χ4v) is 2.30. The van der Waals surface area contributed by atoms with Crippen LogP contribution in [0.1, 0.15) is 17.4 Å². The van der Waals surface area contributed by atoms with Crippen molar-refractivity contribution >= 4 is 5.95 Å². The van der Waals surface area contributed by atoms with Gasteiger partial charge in [0.1, 0.15) is 0 Å². The van der Waals surface area contributed by atoms with Crippen molar-refractivity contribution in [1.82, 2.24) is 25.0 Å². The number of hydrogen-bond donors (Lipinski definition) is 0. The van der Waals surface area contributed by atoms with E-state index in [0.717, 1.165) is 50.2 Å². The molecule has 0 amide bonds. The van der Waals surface area contributed by atoms with Crippen LogP contribution in [0, 0.1) is 13.8 Å². The Kier molecular flexibility index (Phi) is 3.60. The van der Waals surface area contributed by atoms with Gasteiger partial charge in [0.05, 0.1) is 6.54 Å². The van der Waals surface area contributed by atoms with Crippen LogP contribution in [0.5, 0.6) is 0 Å². The Morgan fingerprint density at radius 3 is 2.60 bits per heavy atom. The van der Waals surface area contributed by atoms with E-state index in [4.69, 9.17) is 4.52 Å². The lowest BCUT2D eigenvalue weighted by Crippen LogP contribution is -2.46. The molecule has 1 fully saturated rings. The molecule has 0 atom stereocenters. The van der Waals surface area contributed by atoms with Crippen LogP contribution in [0.2, 0.25) is 0 Å². The average molecular weight is 274 g/mol. The zero-order valence-corrected chi connectivity index (χ0v) is 11.8. The molecule has 0 N–H and O–H groups in total. The largest absolute Gasteiger partial charge is 0.340 e. The van der Waals surface area contributed by atoms with Crippen molar-refractivity contribution in [3.63, 3.8) is 0 Å². The van der Waals surface area contributed by atoms with E-state index in [0.29, 0.717) is 5.89 Å². The first-order valence-corrected chi connectivity index (χ1v) is 6.77. The number of aryl methyl sites for hydroxylation is 2. The maximum atomic E-state index is 4.99. The molecule has 20 heavy (non-hydrogen) atoms. The van der Waals surface area contributed by atoms with E-state index in [1.807, 2.05) is 26.1 Å². The Balaban J connectivity index is 1.57. The first-order chi connectivity index (χ1) is 9.70. The van der Waals surface area contributed by atoms with Crippen LogP contribution >= 0.6 is 0 Å². The molecule has 1 saturated heterocycles. The van der Waals surface area contributed by atoms with Gasteiger partial charge >= 0.3 is 0 Å². The molecule has 7 heteroatoms. The van der Waals surface area contributed by atoms with Gasteiger partial charge in [-0.3, -0.25) is 4.90 Å². The highest BCUT2D eigenvalue weighted by Crippen LogP contribution is 2.12. The number of aromatic nitrogens is 4. The minimum Gasteiger partial charge on any atom is -0.340 e. The predicted molar refractivity (Wildman–Crippen MR) is 73.3 cm³/mol. The fourth-order valence-electron chi connectivity index (χ4n) is 2.30. The molecule has 106 valence electrons. The van der Waals surface area contributed by atoms with Crippen molar-refractivity contribution in [3.8, 4) is 0 Å². The molecule has 1 aliphatic heterocycles. The van der Waals surface area contributed by atoms with E-state index in [1.165, 1.54) is 0 Å². The quantitative estimate of drug-likeness (QED) is 0.819. The Morgan fingerprint density at radius 1 is 1.15 bits per heavy atom. The monoisotopic (exact) mass is 274 g/mol. The van der Waals surface area contributed by atoms with Crippen LogP contribution in [0.4, 0.5) is 5.95 Å². The van der Waals surface area contributed by atoms with Gasteiger partial charge in [0.2, 0.25) is 11.8 Å². The summed E-state index contributed by atoms with van der Waals surface area (Å²) in [7, 11) is 0. The van der Waals surface area contributed by atoms with Crippen molar-refractivity contribution in [2.75, 3.05) is 31.1 Å². The van der Waals surface area contributed by atoms with E-state index in [1.54, 1.807) is 0 Å². The number of rotatable bonds is 3. The number of anilines is 1. The molecule has 2 aromatic rings. The van der Waals surface area contributed by atoms with Gasteiger partial charge in [-0.15, -0.1) is 0 Å². The van der Waals surface area contributed by atoms with Crippen LogP contribution in [0.25, 0.3) is 0 Å². The predicted octanol–water partition coefficient (Wildman–Crippen LogP) is 0.799. The molecule has 0 spiro atoms. The normalized spacial score (nSPS) is 16.6. The molecule has 0 aliphatic carbocycles. The first-order valence-electron chi connectivity index (χ1n) is 6.77. The lowest BCUT2D eigenvalue weighted by atomic mass is 10.3. The highest BCUT2D eigenvalue weighted by Gasteiger charge is 2.20. The van der Waals surface area contributed by atoms with Gasteiger partial charge in [0, 0.05) is 45.0 Å². The van der Waals surface area contributed by atoms with Crippen molar-refractivity contribution in [1.29, 1.82) is 0 Å². The summed E-state index contributed by atoms with van der Waals surface area (Å²) in [6.07, 6.45) is 1.81. The average Bonchev–Trinajstić information content (AvgIpc) is 2.85. The smallest absolute Gasteiger partial charge is 0.225 e. The summed E-state index contributed by atoms with van der Waals surface area (Å²) in [4.78, 5) is 17.6. The topological polar surface area (TPSA) is 71.2 Å². The highest BCUT2D eigenvalue weighted by atomic mass is 16.5. The second-order valence-electron chi connectivity index (χ2n) is 4.99. The Labute approximate surface area is 117 Å².